The van der Waals surface area contributed by atoms with Gasteiger partial charge in [-0.2, -0.15) is 0 Å². The summed E-state index contributed by atoms with van der Waals surface area (Å²) in [4.78, 5) is 33.9. The molecule has 138 valence electrons. The normalized spacial score (nSPS) is 13.4. The van der Waals surface area contributed by atoms with Crippen molar-refractivity contribution < 1.29 is 18.9 Å². The first kappa shape index (κ1) is 18.2. The number of benzene rings is 2. The van der Waals surface area contributed by atoms with Gasteiger partial charge in [-0.25, -0.2) is 4.39 Å². The average Bonchev–Trinajstić information content (AvgIpc) is 3.46. The highest BCUT2D eigenvalue weighted by molar-refractivity contribution is 6.02. The maximum absolute atomic E-state index is 13.7. The zero-order chi connectivity index (χ0) is 19.4. The molecule has 1 fully saturated rings. The van der Waals surface area contributed by atoms with Crippen molar-refractivity contribution in [1.29, 1.82) is 0 Å². The number of nitro groups is 1. The fraction of sp³-hybridized carbons (Fsp3) is 0.158. The summed E-state index contributed by atoms with van der Waals surface area (Å²) in [6.45, 7) is 0. The van der Waals surface area contributed by atoms with E-state index >= 15 is 0 Å². The Bertz CT molecular complexity index is 921. The molecule has 1 aliphatic rings. The van der Waals surface area contributed by atoms with E-state index in [4.69, 9.17) is 0 Å². The van der Waals surface area contributed by atoms with Crippen molar-refractivity contribution in [3.05, 3.63) is 75.6 Å². The van der Waals surface area contributed by atoms with Gasteiger partial charge in [0.2, 0.25) is 5.91 Å². The van der Waals surface area contributed by atoms with Gasteiger partial charge in [0.25, 0.3) is 11.6 Å². The quantitative estimate of drug-likeness (QED) is 0.463. The number of carbonyl (C=O) groups excluding carboxylic acids is 2. The number of anilines is 1. The maximum Gasteiger partial charge on any atom is 0.271 e. The van der Waals surface area contributed by atoms with Crippen LogP contribution in [-0.4, -0.2) is 22.8 Å². The molecule has 3 rings (SSSR count). The van der Waals surface area contributed by atoms with E-state index < -0.39 is 16.6 Å². The highest BCUT2D eigenvalue weighted by Crippen LogP contribution is 2.21. The number of nitro benzene ring substituents is 1. The first-order valence-electron chi connectivity index (χ1n) is 8.26. The molecule has 0 saturated heterocycles. The third-order valence-corrected chi connectivity index (χ3v) is 3.93. The molecule has 0 bridgehead atoms. The zero-order valence-corrected chi connectivity index (χ0v) is 14.1. The third-order valence-electron chi connectivity index (χ3n) is 3.93. The second-order valence-corrected chi connectivity index (χ2v) is 6.11. The minimum atomic E-state index is -0.770. The van der Waals surface area contributed by atoms with E-state index in [0.717, 1.165) is 31.0 Å². The number of non-ortho nitro benzene ring substituents is 1. The number of amides is 2. The lowest BCUT2D eigenvalue weighted by Crippen LogP contribution is -2.25. The Morgan fingerprint density at radius 3 is 2.48 bits per heavy atom. The van der Waals surface area contributed by atoms with E-state index in [9.17, 15) is 24.1 Å². The van der Waals surface area contributed by atoms with Gasteiger partial charge in [-0.1, -0.05) is 12.1 Å². The number of hydrogen-bond acceptors (Lipinski definition) is 4. The lowest BCUT2D eigenvalue weighted by Gasteiger charge is -2.04. The number of nitrogens with zero attached hydrogens (tertiary/aromatic N) is 1. The Morgan fingerprint density at radius 2 is 1.85 bits per heavy atom. The molecule has 0 aliphatic heterocycles. The van der Waals surface area contributed by atoms with E-state index in [1.165, 1.54) is 12.2 Å². The van der Waals surface area contributed by atoms with Crippen molar-refractivity contribution in [3.8, 4) is 0 Å². The molecule has 0 spiro atoms. The summed E-state index contributed by atoms with van der Waals surface area (Å²) in [5.41, 5.74) is 0.608. The van der Waals surface area contributed by atoms with E-state index in [1.807, 2.05) is 0 Å². The fourth-order valence-electron chi connectivity index (χ4n) is 2.31. The van der Waals surface area contributed by atoms with Crippen molar-refractivity contribution in [1.82, 2.24) is 5.32 Å². The molecular formula is C19H16FN3O4. The number of halogens is 1. The summed E-state index contributed by atoms with van der Waals surface area (Å²) >= 11 is 0. The van der Waals surface area contributed by atoms with Crippen molar-refractivity contribution >= 4 is 29.3 Å². The largest absolute Gasteiger partial charge is 0.349 e. The minimum absolute atomic E-state index is 0.132. The summed E-state index contributed by atoms with van der Waals surface area (Å²) in [6, 6.07) is 9.82. The molecule has 27 heavy (non-hydrogen) atoms. The first-order valence-corrected chi connectivity index (χ1v) is 8.26. The molecule has 1 aliphatic carbocycles. The van der Waals surface area contributed by atoms with Gasteiger partial charge < -0.3 is 10.6 Å². The smallest absolute Gasteiger partial charge is 0.271 e. The van der Waals surface area contributed by atoms with Gasteiger partial charge in [-0.05, 0) is 42.7 Å². The van der Waals surface area contributed by atoms with E-state index in [2.05, 4.69) is 10.6 Å². The molecule has 0 atom stereocenters. The standard InChI is InChI=1S/C19H16FN3O4/c20-16-9-8-15(23(26)27)11-17(16)22-18(24)10-3-12-1-4-13(5-2-12)19(25)21-14-6-7-14/h1-5,8-11,14H,6-7H2,(H,21,25)(H,22,24)/b10-3+. The molecule has 0 aromatic heterocycles. The molecule has 2 amide bonds. The highest BCUT2D eigenvalue weighted by atomic mass is 19.1. The van der Waals surface area contributed by atoms with E-state index in [1.54, 1.807) is 24.3 Å². The summed E-state index contributed by atoms with van der Waals surface area (Å²) < 4.78 is 13.7. The van der Waals surface area contributed by atoms with Crippen LogP contribution in [0.5, 0.6) is 0 Å². The lowest BCUT2D eigenvalue weighted by atomic mass is 10.1. The number of rotatable bonds is 6. The van der Waals surface area contributed by atoms with Crippen LogP contribution in [0.2, 0.25) is 0 Å². The summed E-state index contributed by atoms with van der Waals surface area (Å²) in [5, 5.41) is 15.9. The van der Waals surface area contributed by atoms with Crippen LogP contribution in [0, 0.1) is 15.9 Å². The monoisotopic (exact) mass is 369 g/mol. The SMILES string of the molecule is O=C(/C=C/c1ccc(C(=O)NC2CC2)cc1)Nc1cc([N+](=O)[O-])ccc1F. The Hall–Kier alpha value is -3.55. The van der Waals surface area contributed by atoms with Gasteiger partial charge in [0.1, 0.15) is 5.82 Å². The molecule has 0 heterocycles. The van der Waals surface area contributed by atoms with Gasteiger partial charge in [-0.3, -0.25) is 19.7 Å². The van der Waals surface area contributed by atoms with Gasteiger partial charge in [0.05, 0.1) is 10.6 Å². The number of nitrogens with one attached hydrogen (secondary N) is 2. The van der Waals surface area contributed by atoms with Crippen molar-refractivity contribution in [2.75, 3.05) is 5.32 Å². The van der Waals surface area contributed by atoms with Crippen LogP contribution in [0.4, 0.5) is 15.8 Å². The maximum atomic E-state index is 13.7. The Kier molecular flexibility index (Phi) is 5.25. The minimum Gasteiger partial charge on any atom is -0.349 e. The molecule has 0 unspecified atom stereocenters. The lowest BCUT2D eigenvalue weighted by molar-refractivity contribution is -0.384. The Labute approximate surface area is 154 Å². The predicted molar refractivity (Wildman–Crippen MR) is 97.6 cm³/mol. The van der Waals surface area contributed by atoms with Crippen molar-refractivity contribution in [3.63, 3.8) is 0 Å². The number of hydrogen-bond donors (Lipinski definition) is 2. The van der Waals surface area contributed by atoms with Crippen molar-refractivity contribution in [2.45, 2.75) is 18.9 Å². The van der Waals surface area contributed by atoms with Gasteiger partial charge in [0.15, 0.2) is 0 Å². The van der Waals surface area contributed by atoms with Crippen LogP contribution >= 0.6 is 0 Å². The summed E-state index contributed by atoms with van der Waals surface area (Å²) in [5.74, 6) is -1.54. The van der Waals surface area contributed by atoms with Crippen molar-refractivity contribution in [2.24, 2.45) is 0 Å². The Morgan fingerprint density at radius 1 is 1.15 bits per heavy atom. The molecule has 1 saturated carbocycles. The summed E-state index contributed by atoms with van der Waals surface area (Å²) in [7, 11) is 0. The molecule has 2 N–H and O–H groups in total. The second kappa shape index (κ2) is 7.77. The zero-order valence-electron chi connectivity index (χ0n) is 14.1. The van der Waals surface area contributed by atoms with Gasteiger partial charge in [-0.15, -0.1) is 0 Å². The van der Waals surface area contributed by atoms with Crippen LogP contribution < -0.4 is 10.6 Å². The van der Waals surface area contributed by atoms with Gasteiger partial charge >= 0.3 is 0 Å². The average molecular weight is 369 g/mol. The second-order valence-electron chi connectivity index (χ2n) is 6.11. The van der Waals surface area contributed by atoms with Crippen LogP contribution in [0.3, 0.4) is 0 Å². The van der Waals surface area contributed by atoms with Crippen LogP contribution in [0.25, 0.3) is 6.08 Å². The Balaban J connectivity index is 1.62. The molecule has 8 heteroatoms. The number of carbonyl (C=O) groups is 2. The van der Waals surface area contributed by atoms with Crippen LogP contribution in [0.15, 0.2) is 48.5 Å². The fourth-order valence-corrected chi connectivity index (χ4v) is 2.31. The first-order chi connectivity index (χ1) is 12.9. The third kappa shape index (κ3) is 4.97. The van der Waals surface area contributed by atoms with E-state index in [0.29, 0.717) is 11.1 Å². The molecule has 0 radical (unpaired) electrons. The molecule has 2 aromatic carbocycles. The molecular weight excluding hydrogens is 353 g/mol. The molecule has 7 nitrogen and oxygen atoms in total. The predicted octanol–water partition coefficient (Wildman–Crippen LogP) is 3.28. The summed E-state index contributed by atoms with van der Waals surface area (Å²) in [6.07, 6.45) is 4.68. The van der Waals surface area contributed by atoms with E-state index in [-0.39, 0.29) is 23.3 Å². The molecule has 2 aromatic rings. The van der Waals surface area contributed by atoms with Crippen LogP contribution in [-0.2, 0) is 4.79 Å². The highest BCUT2D eigenvalue weighted by Gasteiger charge is 2.23. The van der Waals surface area contributed by atoms with Crippen LogP contribution in [0.1, 0.15) is 28.8 Å². The topological polar surface area (TPSA) is 101 Å². The van der Waals surface area contributed by atoms with Gasteiger partial charge in [0, 0.05) is 29.8 Å².